The highest BCUT2D eigenvalue weighted by atomic mass is 35.5. The highest BCUT2D eigenvalue weighted by molar-refractivity contribution is 6.30. The van der Waals surface area contributed by atoms with Gasteiger partial charge in [0, 0.05) is 23.2 Å². The van der Waals surface area contributed by atoms with Gasteiger partial charge in [-0.25, -0.2) is 4.98 Å². The molecule has 0 spiro atoms. The van der Waals surface area contributed by atoms with Crippen LogP contribution in [0.15, 0.2) is 42.6 Å². The summed E-state index contributed by atoms with van der Waals surface area (Å²) in [6.07, 6.45) is 1.57. The molecule has 3 N–H and O–H groups in total. The third-order valence-electron chi connectivity index (χ3n) is 3.76. The van der Waals surface area contributed by atoms with Crippen molar-refractivity contribution >= 4 is 17.4 Å². The summed E-state index contributed by atoms with van der Waals surface area (Å²) < 4.78 is 0. The van der Waals surface area contributed by atoms with Crippen LogP contribution in [0.25, 0.3) is 0 Å². The average molecular weight is 290 g/mol. The zero-order valence-corrected chi connectivity index (χ0v) is 12.8. The number of rotatable bonds is 4. The first-order valence-corrected chi connectivity index (χ1v) is 6.98. The molecular weight excluding hydrogens is 270 g/mol. The summed E-state index contributed by atoms with van der Waals surface area (Å²) in [6, 6.07) is 12.3. The third-order valence-corrected chi connectivity index (χ3v) is 3.96. The molecule has 1 heterocycles. The Bertz CT molecular complexity index is 582. The quantitative estimate of drug-likeness (QED) is 0.905. The van der Waals surface area contributed by atoms with E-state index in [-0.39, 0.29) is 11.5 Å². The number of halogens is 1. The molecule has 2 rings (SSSR count). The second kappa shape index (κ2) is 5.81. The van der Waals surface area contributed by atoms with Gasteiger partial charge < -0.3 is 11.1 Å². The van der Waals surface area contributed by atoms with Crippen LogP contribution >= 0.6 is 11.6 Å². The van der Waals surface area contributed by atoms with E-state index in [4.69, 9.17) is 17.3 Å². The van der Waals surface area contributed by atoms with E-state index >= 15 is 0 Å². The molecule has 0 aliphatic carbocycles. The van der Waals surface area contributed by atoms with Gasteiger partial charge in [-0.15, -0.1) is 0 Å². The van der Waals surface area contributed by atoms with Crippen LogP contribution < -0.4 is 11.1 Å². The molecule has 20 heavy (non-hydrogen) atoms. The van der Waals surface area contributed by atoms with Crippen molar-refractivity contribution in [1.82, 2.24) is 10.3 Å². The van der Waals surface area contributed by atoms with Crippen LogP contribution in [0.1, 0.15) is 31.0 Å². The van der Waals surface area contributed by atoms with Crippen LogP contribution in [0.4, 0.5) is 5.82 Å². The summed E-state index contributed by atoms with van der Waals surface area (Å²) in [7, 11) is 1.93. The molecule has 1 unspecified atom stereocenters. The van der Waals surface area contributed by atoms with Crippen LogP contribution in [0, 0.1) is 0 Å². The lowest BCUT2D eigenvalue weighted by Gasteiger charge is -2.35. The normalized spacial score (nSPS) is 13.2. The summed E-state index contributed by atoms with van der Waals surface area (Å²) >= 11 is 6.07. The lowest BCUT2D eigenvalue weighted by atomic mass is 9.75. The van der Waals surface area contributed by atoms with Gasteiger partial charge >= 0.3 is 0 Å². The van der Waals surface area contributed by atoms with Crippen LogP contribution in [0.2, 0.25) is 5.02 Å². The number of pyridine rings is 1. The highest BCUT2D eigenvalue weighted by Crippen LogP contribution is 2.38. The van der Waals surface area contributed by atoms with Gasteiger partial charge in [0.05, 0.1) is 5.02 Å². The minimum atomic E-state index is -0.142. The zero-order valence-electron chi connectivity index (χ0n) is 12.0. The number of benzene rings is 1. The summed E-state index contributed by atoms with van der Waals surface area (Å²) in [6.45, 7) is 4.37. The van der Waals surface area contributed by atoms with Gasteiger partial charge in [-0.05, 0) is 18.7 Å². The van der Waals surface area contributed by atoms with Crippen molar-refractivity contribution in [2.75, 3.05) is 12.8 Å². The van der Waals surface area contributed by atoms with E-state index in [1.807, 2.05) is 31.3 Å². The first-order chi connectivity index (χ1) is 9.46. The van der Waals surface area contributed by atoms with Crippen molar-refractivity contribution in [2.24, 2.45) is 0 Å². The van der Waals surface area contributed by atoms with E-state index in [2.05, 4.69) is 36.3 Å². The molecule has 4 heteroatoms. The lowest BCUT2D eigenvalue weighted by Crippen LogP contribution is -2.36. The molecule has 1 aromatic heterocycles. The van der Waals surface area contributed by atoms with Gasteiger partial charge in [-0.1, -0.05) is 55.8 Å². The monoisotopic (exact) mass is 289 g/mol. The van der Waals surface area contributed by atoms with E-state index in [0.29, 0.717) is 10.8 Å². The first-order valence-electron chi connectivity index (χ1n) is 6.60. The molecule has 1 aromatic carbocycles. The highest BCUT2D eigenvalue weighted by Gasteiger charge is 2.33. The fourth-order valence-electron chi connectivity index (χ4n) is 2.64. The second-order valence-corrected chi connectivity index (χ2v) is 5.87. The van der Waals surface area contributed by atoms with Crippen molar-refractivity contribution in [2.45, 2.75) is 25.3 Å². The van der Waals surface area contributed by atoms with E-state index in [9.17, 15) is 0 Å². The fraction of sp³-hybridized carbons (Fsp3) is 0.312. The number of hydrogen-bond acceptors (Lipinski definition) is 3. The molecular formula is C16H20ClN3. The van der Waals surface area contributed by atoms with Crippen LogP contribution in [-0.2, 0) is 5.41 Å². The summed E-state index contributed by atoms with van der Waals surface area (Å²) in [5.74, 6) is 0.512. The Labute approximate surface area is 125 Å². The molecule has 0 radical (unpaired) electrons. The molecule has 0 saturated heterocycles. The molecule has 0 aliphatic heterocycles. The van der Waals surface area contributed by atoms with Crippen molar-refractivity contribution in [1.29, 1.82) is 0 Å². The molecule has 0 amide bonds. The van der Waals surface area contributed by atoms with Gasteiger partial charge in [0.15, 0.2) is 0 Å². The van der Waals surface area contributed by atoms with Crippen molar-refractivity contribution in [3.05, 3.63) is 58.7 Å². The van der Waals surface area contributed by atoms with E-state index in [0.717, 1.165) is 5.56 Å². The molecule has 3 nitrogen and oxygen atoms in total. The van der Waals surface area contributed by atoms with Gasteiger partial charge in [0.25, 0.3) is 0 Å². The minimum Gasteiger partial charge on any atom is -0.383 e. The SMILES string of the molecule is CNC(c1cc(Cl)cnc1N)C(C)(C)c1ccccc1. The minimum absolute atomic E-state index is 0.0242. The van der Waals surface area contributed by atoms with Crippen molar-refractivity contribution < 1.29 is 0 Å². The summed E-state index contributed by atoms with van der Waals surface area (Å²) in [5, 5.41) is 3.94. The Kier molecular flexibility index (Phi) is 4.31. The number of nitrogen functional groups attached to an aromatic ring is 1. The number of nitrogens with zero attached hydrogens (tertiary/aromatic N) is 1. The zero-order chi connectivity index (χ0) is 14.8. The summed E-state index contributed by atoms with van der Waals surface area (Å²) in [4.78, 5) is 4.16. The van der Waals surface area contributed by atoms with E-state index < -0.39 is 0 Å². The standard InChI is InChI=1S/C16H20ClN3/c1-16(2,11-7-5-4-6-8-11)14(19-3)13-9-12(17)10-20-15(13)18/h4-10,14,19H,1-3H3,(H2,18,20). The third kappa shape index (κ3) is 2.79. The Morgan fingerprint density at radius 1 is 1.25 bits per heavy atom. The molecule has 0 aliphatic rings. The Morgan fingerprint density at radius 2 is 1.90 bits per heavy atom. The predicted octanol–water partition coefficient (Wildman–Crippen LogP) is 3.56. The Balaban J connectivity index is 2.49. The molecule has 2 aromatic rings. The molecule has 106 valence electrons. The maximum Gasteiger partial charge on any atom is 0.128 e. The van der Waals surface area contributed by atoms with Crippen molar-refractivity contribution in [3.8, 4) is 0 Å². The van der Waals surface area contributed by atoms with Crippen LogP contribution in [-0.4, -0.2) is 12.0 Å². The predicted molar refractivity (Wildman–Crippen MR) is 84.9 cm³/mol. The topological polar surface area (TPSA) is 50.9 Å². The lowest BCUT2D eigenvalue weighted by molar-refractivity contribution is 0.369. The molecule has 0 bridgehead atoms. The number of aromatic nitrogens is 1. The number of likely N-dealkylation sites (N-methyl/N-ethyl adjacent to an activating group) is 1. The molecule has 1 atom stereocenters. The van der Waals surface area contributed by atoms with Gasteiger partial charge in [-0.3, -0.25) is 0 Å². The molecule has 0 fully saturated rings. The van der Waals surface area contributed by atoms with Crippen LogP contribution in [0.3, 0.4) is 0 Å². The second-order valence-electron chi connectivity index (χ2n) is 5.44. The molecule has 0 saturated carbocycles. The van der Waals surface area contributed by atoms with Crippen LogP contribution in [0.5, 0.6) is 0 Å². The van der Waals surface area contributed by atoms with Gasteiger partial charge in [-0.2, -0.15) is 0 Å². The largest absolute Gasteiger partial charge is 0.383 e. The smallest absolute Gasteiger partial charge is 0.128 e. The Hall–Kier alpha value is -1.58. The van der Waals surface area contributed by atoms with E-state index in [1.54, 1.807) is 6.20 Å². The fourth-order valence-corrected chi connectivity index (χ4v) is 2.80. The summed E-state index contributed by atoms with van der Waals surface area (Å²) in [5.41, 5.74) is 8.05. The van der Waals surface area contributed by atoms with Gasteiger partial charge in [0.2, 0.25) is 0 Å². The number of nitrogens with two attached hydrogens (primary N) is 1. The maximum atomic E-state index is 6.07. The van der Waals surface area contributed by atoms with Crippen molar-refractivity contribution in [3.63, 3.8) is 0 Å². The Morgan fingerprint density at radius 3 is 2.50 bits per heavy atom. The average Bonchev–Trinajstić information content (AvgIpc) is 2.44. The van der Waals surface area contributed by atoms with Gasteiger partial charge in [0.1, 0.15) is 5.82 Å². The number of nitrogens with one attached hydrogen (secondary N) is 1. The number of anilines is 1. The maximum absolute atomic E-state index is 6.07. The number of hydrogen-bond donors (Lipinski definition) is 2. The first kappa shape index (κ1) is 14.8. The van der Waals surface area contributed by atoms with E-state index in [1.165, 1.54) is 5.56 Å².